The van der Waals surface area contributed by atoms with Gasteiger partial charge in [0, 0.05) is 10.8 Å². The molecule has 22 heavy (non-hydrogen) atoms. The predicted octanol–water partition coefficient (Wildman–Crippen LogP) is 1.38. The average Bonchev–Trinajstić information content (AvgIpc) is 3.18. The Balaban J connectivity index is 2.04. The summed E-state index contributed by atoms with van der Waals surface area (Å²) in [7, 11) is 1.68. The number of nitrogens with zero attached hydrogens (tertiary/aromatic N) is 2. The van der Waals surface area contributed by atoms with Gasteiger partial charge in [-0.15, -0.1) is 0 Å². The lowest BCUT2D eigenvalue weighted by Gasteiger charge is -2.48. The second kappa shape index (κ2) is 5.42. The van der Waals surface area contributed by atoms with E-state index in [9.17, 15) is 14.9 Å². The van der Waals surface area contributed by atoms with Crippen LogP contribution in [0, 0.1) is 16.0 Å². The Kier molecular flexibility index (Phi) is 3.85. The molecule has 1 N–H and O–H groups in total. The summed E-state index contributed by atoms with van der Waals surface area (Å²) in [6, 6.07) is -0.943. The summed E-state index contributed by atoms with van der Waals surface area (Å²) >= 11 is 0. The molecule has 0 aromatic rings. The van der Waals surface area contributed by atoms with Crippen molar-refractivity contribution < 1.29 is 9.72 Å². The van der Waals surface area contributed by atoms with E-state index in [2.05, 4.69) is 10.2 Å². The highest BCUT2D eigenvalue weighted by Crippen LogP contribution is 2.43. The third kappa shape index (κ3) is 2.20. The maximum atomic E-state index is 12.9. The topological polar surface area (TPSA) is 75.5 Å². The van der Waals surface area contributed by atoms with Crippen molar-refractivity contribution in [2.75, 3.05) is 20.1 Å². The van der Waals surface area contributed by atoms with Gasteiger partial charge in [0.05, 0.1) is 5.54 Å². The zero-order valence-electron chi connectivity index (χ0n) is 13.4. The molecule has 122 valence electrons. The van der Waals surface area contributed by atoms with E-state index in [1.165, 1.54) is 0 Å². The van der Waals surface area contributed by atoms with Crippen molar-refractivity contribution in [3.8, 4) is 0 Å². The number of nitrogens with one attached hydrogen (secondary N) is 1. The molecule has 2 aliphatic carbocycles. The Morgan fingerprint density at radius 2 is 2.00 bits per heavy atom. The van der Waals surface area contributed by atoms with Crippen LogP contribution in [-0.2, 0) is 4.79 Å². The van der Waals surface area contributed by atoms with E-state index >= 15 is 0 Å². The van der Waals surface area contributed by atoms with Gasteiger partial charge in [0.15, 0.2) is 11.3 Å². The zero-order chi connectivity index (χ0) is 16.0. The molecule has 1 saturated carbocycles. The van der Waals surface area contributed by atoms with Gasteiger partial charge in [0.1, 0.15) is 0 Å². The minimum absolute atomic E-state index is 0.00179. The molecule has 0 aromatic heterocycles. The van der Waals surface area contributed by atoms with Crippen LogP contribution in [0.25, 0.3) is 0 Å². The summed E-state index contributed by atoms with van der Waals surface area (Å²) in [4.78, 5) is 26.9. The van der Waals surface area contributed by atoms with E-state index < -0.39 is 17.1 Å². The summed E-state index contributed by atoms with van der Waals surface area (Å²) in [5, 5.41) is 15.0. The van der Waals surface area contributed by atoms with Crippen molar-refractivity contribution in [1.29, 1.82) is 0 Å². The van der Waals surface area contributed by atoms with Crippen LogP contribution in [0.15, 0.2) is 12.2 Å². The van der Waals surface area contributed by atoms with Crippen LogP contribution in [0.5, 0.6) is 0 Å². The van der Waals surface area contributed by atoms with Crippen LogP contribution in [0.1, 0.15) is 39.0 Å². The first-order valence-electron chi connectivity index (χ1n) is 8.25. The zero-order valence-corrected chi connectivity index (χ0v) is 13.4. The SMILES string of the molecule is CNC1(C(=O)C2CC2)C=CCC(C)(N2CCCC2)C1[N+](=O)[O-]. The van der Waals surface area contributed by atoms with E-state index in [0.717, 1.165) is 38.8 Å². The monoisotopic (exact) mass is 307 g/mol. The maximum Gasteiger partial charge on any atom is 0.259 e. The van der Waals surface area contributed by atoms with E-state index in [1.807, 2.05) is 13.0 Å². The van der Waals surface area contributed by atoms with Crippen molar-refractivity contribution in [3.63, 3.8) is 0 Å². The normalized spacial score (nSPS) is 39.1. The molecular formula is C16H25N3O3. The molecule has 1 aliphatic heterocycles. The average molecular weight is 307 g/mol. The number of ketones is 1. The molecule has 3 atom stereocenters. The molecule has 3 rings (SSSR count). The summed E-state index contributed by atoms with van der Waals surface area (Å²) in [5.41, 5.74) is -1.78. The molecule has 1 heterocycles. The number of carbonyl (C=O) groups is 1. The van der Waals surface area contributed by atoms with Crippen LogP contribution in [0.2, 0.25) is 0 Å². The molecule has 1 saturated heterocycles. The molecule has 0 aromatic carbocycles. The van der Waals surface area contributed by atoms with Gasteiger partial charge in [0.2, 0.25) is 0 Å². The predicted molar refractivity (Wildman–Crippen MR) is 83.3 cm³/mol. The number of nitro groups is 1. The summed E-state index contributed by atoms with van der Waals surface area (Å²) < 4.78 is 0. The third-order valence-corrected chi connectivity index (χ3v) is 5.74. The Hall–Kier alpha value is -1.27. The minimum Gasteiger partial charge on any atom is -0.299 e. The van der Waals surface area contributed by atoms with Gasteiger partial charge in [-0.3, -0.25) is 25.1 Å². The standard InChI is InChI=1S/C16H25N3O3/c1-15(18-10-3-4-11-18)8-5-9-16(17-2,14(15)19(21)22)13(20)12-6-7-12/h5,9,12,14,17H,3-4,6-8,10-11H2,1-2H3. The highest BCUT2D eigenvalue weighted by molar-refractivity contribution is 5.95. The smallest absolute Gasteiger partial charge is 0.259 e. The maximum absolute atomic E-state index is 12.9. The summed E-state index contributed by atoms with van der Waals surface area (Å²) in [6.45, 7) is 3.72. The third-order valence-electron chi connectivity index (χ3n) is 5.74. The molecule has 6 heteroatoms. The van der Waals surface area contributed by atoms with Gasteiger partial charge in [-0.05, 0) is 59.2 Å². The van der Waals surface area contributed by atoms with Gasteiger partial charge < -0.3 is 0 Å². The number of carbonyl (C=O) groups excluding carboxylic acids is 1. The fraction of sp³-hybridized carbons (Fsp3) is 0.812. The molecule has 3 unspecified atom stereocenters. The fourth-order valence-corrected chi connectivity index (χ4v) is 4.34. The lowest BCUT2D eigenvalue weighted by molar-refractivity contribution is -0.547. The number of likely N-dealkylation sites (tertiary alicyclic amines) is 1. The Morgan fingerprint density at radius 1 is 1.36 bits per heavy atom. The quantitative estimate of drug-likeness (QED) is 0.472. The number of likely N-dealkylation sites (N-methyl/N-ethyl adjacent to an activating group) is 1. The minimum atomic E-state index is -1.17. The van der Waals surface area contributed by atoms with Crippen molar-refractivity contribution in [3.05, 3.63) is 22.3 Å². The van der Waals surface area contributed by atoms with Crippen molar-refractivity contribution in [2.45, 2.75) is 56.1 Å². The van der Waals surface area contributed by atoms with Gasteiger partial charge in [-0.25, -0.2) is 0 Å². The number of hydrogen-bond donors (Lipinski definition) is 1. The Labute approximate surface area is 131 Å². The first-order chi connectivity index (χ1) is 10.5. The molecular weight excluding hydrogens is 282 g/mol. The van der Waals surface area contributed by atoms with Crippen LogP contribution in [0.3, 0.4) is 0 Å². The summed E-state index contributed by atoms with van der Waals surface area (Å²) in [6.07, 6.45) is 8.23. The van der Waals surface area contributed by atoms with E-state index in [1.54, 1.807) is 13.1 Å². The largest absolute Gasteiger partial charge is 0.299 e. The first-order valence-corrected chi connectivity index (χ1v) is 8.25. The highest BCUT2D eigenvalue weighted by atomic mass is 16.6. The van der Waals surface area contributed by atoms with Crippen LogP contribution in [0.4, 0.5) is 0 Å². The molecule has 0 amide bonds. The van der Waals surface area contributed by atoms with Crippen molar-refractivity contribution in [1.82, 2.24) is 10.2 Å². The summed E-state index contributed by atoms with van der Waals surface area (Å²) in [5.74, 6) is -0.0152. The van der Waals surface area contributed by atoms with Crippen LogP contribution < -0.4 is 5.32 Å². The number of hydrogen-bond acceptors (Lipinski definition) is 5. The van der Waals surface area contributed by atoms with E-state index in [-0.39, 0.29) is 16.6 Å². The van der Waals surface area contributed by atoms with Gasteiger partial charge in [-0.1, -0.05) is 12.2 Å². The Morgan fingerprint density at radius 3 is 2.50 bits per heavy atom. The lowest BCUT2D eigenvalue weighted by Crippen LogP contribution is -2.73. The van der Waals surface area contributed by atoms with E-state index in [0.29, 0.717) is 6.42 Å². The molecule has 2 fully saturated rings. The van der Waals surface area contributed by atoms with Crippen molar-refractivity contribution in [2.24, 2.45) is 5.92 Å². The van der Waals surface area contributed by atoms with Gasteiger partial charge in [0.25, 0.3) is 6.04 Å². The first kappa shape index (κ1) is 15.6. The fourth-order valence-electron chi connectivity index (χ4n) is 4.34. The number of Topliss-reactive ketones (excluding diaryl/α,β-unsaturated/α-hetero) is 1. The van der Waals surface area contributed by atoms with E-state index in [4.69, 9.17) is 0 Å². The van der Waals surface area contributed by atoms with Gasteiger partial charge >= 0.3 is 0 Å². The molecule has 0 radical (unpaired) electrons. The van der Waals surface area contributed by atoms with Crippen LogP contribution >= 0.6 is 0 Å². The van der Waals surface area contributed by atoms with Crippen LogP contribution in [-0.4, -0.2) is 52.9 Å². The second-order valence-electron chi connectivity index (χ2n) is 7.10. The molecule has 3 aliphatic rings. The van der Waals surface area contributed by atoms with Crippen molar-refractivity contribution >= 4 is 5.78 Å². The molecule has 6 nitrogen and oxygen atoms in total. The highest BCUT2D eigenvalue weighted by Gasteiger charge is 2.64. The molecule has 0 spiro atoms. The Bertz CT molecular complexity index is 511. The molecule has 0 bridgehead atoms. The lowest BCUT2D eigenvalue weighted by atomic mass is 9.68. The number of rotatable bonds is 5. The second-order valence-corrected chi connectivity index (χ2v) is 7.10. The van der Waals surface area contributed by atoms with Gasteiger partial charge in [-0.2, -0.15) is 0 Å².